The van der Waals surface area contributed by atoms with Crippen LogP contribution in [0.25, 0.3) is 0 Å². The molecule has 0 atom stereocenters. The van der Waals surface area contributed by atoms with E-state index in [1.165, 1.54) is 38.5 Å². The third kappa shape index (κ3) is 5.72. The lowest BCUT2D eigenvalue weighted by atomic mass is 9.78. The highest BCUT2D eigenvalue weighted by Gasteiger charge is 2.20. The van der Waals surface area contributed by atoms with Gasteiger partial charge < -0.3 is 5.32 Å². The molecule has 0 aromatic heterocycles. The Hall–Kier alpha value is -0.300. The number of hydrogen-bond acceptors (Lipinski definition) is 1. The smallest absolute Gasteiger partial charge is 0.00105 e. The molecule has 1 fully saturated rings. The minimum atomic E-state index is 0.615. The second kappa shape index (κ2) is 7.92. The predicted molar refractivity (Wildman–Crippen MR) is 77.3 cm³/mol. The Morgan fingerprint density at radius 2 is 1.88 bits per heavy atom. The van der Waals surface area contributed by atoms with Crippen LogP contribution in [0.3, 0.4) is 0 Å². The van der Waals surface area contributed by atoms with Gasteiger partial charge in [-0.3, -0.25) is 0 Å². The van der Waals surface area contributed by atoms with Crippen molar-refractivity contribution in [2.75, 3.05) is 6.54 Å². The molecule has 0 spiro atoms. The van der Waals surface area contributed by atoms with Crippen LogP contribution in [0, 0.1) is 11.8 Å². The zero-order valence-corrected chi connectivity index (χ0v) is 12.3. The molecule has 0 bridgehead atoms. The lowest BCUT2D eigenvalue weighted by Crippen LogP contribution is -2.23. The standard InChI is InChI=1S/C16H31N/c1-5-15-8-10-16(11-9-15)14(4)7-6-12-17-13(2)3/h7,13,15-17H,5-6,8-12H2,1-4H3. The normalized spacial score (nSPS) is 26.5. The Kier molecular flexibility index (Phi) is 6.87. The maximum absolute atomic E-state index is 3.48. The number of rotatable bonds is 6. The van der Waals surface area contributed by atoms with E-state index < -0.39 is 0 Å². The molecule has 1 nitrogen and oxygen atoms in total. The van der Waals surface area contributed by atoms with Gasteiger partial charge in [0.1, 0.15) is 0 Å². The largest absolute Gasteiger partial charge is 0.314 e. The molecule has 0 heterocycles. The number of nitrogens with one attached hydrogen (secondary N) is 1. The molecule has 1 rings (SSSR count). The van der Waals surface area contributed by atoms with E-state index in [1.807, 2.05) is 0 Å². The van der Waals surface area contributed by atoms with E-state index in [0.717, 1.165) is 18.4 Å². The van der Waals surface area contributed by atoms with Gasteiger partial charge in [-0.25, -0.2) is 0 Å². The molecular formula is C16H31N. The highest BCUT2D eigenvalue weighted by molar-refractivity contribution is 5.04. The lowest BCUT2D eigenvalue weighted by Gasteiger charge is -2.28. The highest BCUT2D eigenvalue weighted by Crippen LogP contribution is 2.34. The van der Waals surface area contributed by atoms with Crippen molar-refractivity contribution in [1.29, 1.82) is 0 Å². The Balaban J connectivity index is 2.23. The SMILES string of the molecule is CCC1CCC(C(C)=CCCNC(C)C)CC1. The van der Waals surface area contributed by atoms with Crippen LogP contribution >= 0.6 is 0 Å². The van der Waals surface area contributed by atoms with Crippen molar-refractivity contribution in [1.82, 2.24) is 5.32 Å². The van der Waals surface area contributed by atoms with Crippen LogP contribution in [0.1, 0.15) is 66.2 Å². The van der Waals surface area contributed by atoms with Crippen LogP contribution in [-0.4, -0.2) is 12.6 Å². The van der Waals surface area contributed by atoms with E-state index in [1.54, 1.807) is 5.57 Å². The molecule has 100 valence electrons. The third-order valence-corrected chi connectivity index (χ3v) is 4.23. The fraction of sp³-hybridized carbons (Fsp3) is 0.875. The molecule has 0 aromatic rings. The van der Waals surface area contributed by atoms with Crippen LogP contribution in [0.2, 0.25) is 0 Å². The minimum absolute atomic E-state index is 0.615. The van der Waals surface area contributed by atoms with Crippen molar-refractivity contribution < 1.29 is 0 Å². The van der Waals surface area contributed by atoms with Gasteiger partial charge in [0, 0.05) is 6.04 Å². The fourth-order valence-electron chi connectivity index (χ4n) is 2.86. The Morgan fingerprint density at radius 3 is 2.41 bits per heavy atom. The van der Waals surface area contributed by atoms with Crippen molar-refractivity contribution in [3.05, 3.63) is 11.6 Å². The summed E-state index contributed by atoms with van der Waals surface area (Å²) in [5, 5.41) is 3.48. The molecule has 1 aliphatic rings. The van der Waals surface area contributed by atoms with Gasteiger partial charge in [-0.1, -0.05) is 38.8 Å². The van der Waals surface area contributed by atoms with Gasteiger partial charge >= 0.3 is 0 Å². The molecule has 0 amide bonds. The van der Waals surface area contributed by atoms with Crippen molar-refractivity contribution in [3.8, 4) is 0 Å². The fourth-order valence-corrected chi connectivity index (χ4v) is 2.86. The number of hydrogen-bond donors (Lipinski definition) is 1. The first kappa shape index (κ1) is 14.8. The molecule has 0 unspecified atom stereocenters. The molecule has 0 aliphatic heterocycles. The number of allylic oxidation sites excluding steroid dienone is 1. The first-order valence-corrected chi connectivity index (χ1v) is 7.53. The van der Waals surface area contributed by atoms with Crippen LogP contribution in [0.4, 0.5) is 0 Å². The van der Waals surface area contributed by atoms with Gasteiger partial charge in [0.2, 0.25) is 0 Å². The lowest BCUT2D eigenvalue weighted by molar-refractivity contribution is 0.294. The first-order valence-electron chi connectivity index (χ1n) is 7.53. The molecule has 0 saturated heterocycles. The summed E-state index contributed by atoms with van der Waals surface area (Å²) in [6, 6.07) is 0.615. The predicted octanol–water partition coefficient (Wildman–Crippen LogP) is 4.54. The third-order valence-electron chi connectivity index (χ3n) is 4.23. The van der Waals surface area contributed by atoms with Crippen molar-refractivity contribution in [2.24, 2.45) is 11.8 Å². The zero-order valence-electron chi connectivity index (χ0n) is 12.3. The second-order valence-electron chi connectivity index (χ2n) is 5.97. The van der Waals surface area contributed by atoms with Gasteiger partial charge in [0.05, 0.1) is 0 Å². The van der Waals surface area contributed by atoms with Gasteiger partial charge in [0.25, 0.3) is 0 Å². The van der Waals surface area contributed by atoms with Gasteiger partial charge in [-0.05, 0) is 57.4 Å². The summed E-state index contributed by atoms with van der Waals surface area (Å²) in [5.41, 5.74) is 1.64. The summed E-state index contributed by atoms with van der Waals surface area (Å²) < 4.78 is 0. The molecule has 0 aromatic carbocycles. The van der Waals surface area contributed by atoms with Crippen LogP contribution < -0.4 is 5.32 Å². The molecule has 17 heavy (non-hydrogen) atoms. The summed E-state index contributed by atoms with van der Waals surface area (Å²) >= 11 is 0. The van der Waals surface area contributed by atoms with Gasteiger partial charge in [-0.15, -0.1) is 0 Å². The summed E-state index contributed by atoms with van der Waals surface area (Å²) in [6.07, 6.45) is 10.8. The van der Waals surface area contributed by atoms with Crippen molar-refractivity contribution >= 4 is 0 Å². The molecule has 0 radical (unpaired) electrons. The van der Waals surface area contributed by atoms with E-state index in [-0.39, 0.29) is 0 Å². The summed E-state index contributed by atoms with van der Waals surface area (Å²) in [7, 11) is 0. The van der Waals surface area contributed by atoms with E-state index in [4.69, 9.17) is 0 Å². The summed E-state index contributed by atoms with van der Waals surface area (Å²) in [4.78, 5) is 0. The zero-order chi connectivity index (χ0) is 12.7. The maximum Gasteiger partial charge on any atom is 0.00105 e. The van der Waals surface area contributed by atoms with Crippen molar-refractivity contribution in [2.45, 2.75) is 72.3 Å². The average molecular weight is 237 g/mol. The maximum atomic E-state index is 3.48. The Labute approximate surface area is 108 Å². The summed E-state index contributed by atoms with van der Waals surface area (Å²) in [6.45, 7) is 10.2. The molecule has 1 heteroatoms. The second-order valence-corrected chi connectivity index (χ2v) is 5.97. The Morgan fingerprint density at radius 1 is 1.24 bits per heavy atom. The molecular weight excluding hydrogens is 206 g/mol. The molecule has 1 aliphatic carbocycles. The summed E-state index contributed by atoms with van der Waals surface area (Å²) in [5.74, 6) is 1.90. The van der Waals surface area contributed by atoms with Crippen molar-refractivity contribution in [3.63, 3.8) is 0 Å². The van der Waals surface area contributed by atoms with E-state index in [2.05, 4.69) is 39.1 Å². The molecule has 1 saturated carbocycles. The van der Waals surface area contributed by atoms with Gasteiger partial charge in [0.15, 0.2) is 0 Å². The highest BCUT2D eigenvalue weighted by atomic mass is 14.9. The topological polar surface area (TPSA) is 12.0 Å². The minimum Gasteiger partial charge on any atom is -0.314 e. The van der Waals surface area contributed by atoms with E-state index >= 15 is 0 Å². The average Bonchev–Trinajstić information content (AvgIpc) is 2.34. The molecule has 1 N–H and O–H groups in total. The van der Waals surface area contributed by atoms with Crippen LogP contribution in [0.5, 0.6) is 0 Å². The van der Waals surface area contributed by atoms with E-state index in [0.29, 0.717) is 6.04 Å². The first-order chi connectivity index (χ1) is 8.13. The van der Waals surface area contributed by atoms with Gasteiger partial charge in [-0.2, -0.15) is 0 Å². The van der Waals surface area contributed by atoms with Crippen LogP contribution in [-0.2, 0) is 0 Å². The Bertz CT molecular complexity index is 222. The van der Waals surface area contributed by atoms with Crippen LogP contribution in [0.15, 0.2) is 11.6 Å². The monoisotopic (exact) mass is 237 g/mol. The quantitative estimate of drug-likeness (QED) is 0.528. The van der Waals surface area contributed by atoms with E-state index in [9.17, 15) is 0 Å².